The van der Waals surface area contributed by atoms with Crippen molar-refractivity contribution in [2.24, 2.45) is 10.9 Å². The molecular formula is C12H18N2O2. The van der Waals surface area contributed by atoms with Crippen molar-refractivity contribution in [2.75, 3.05) is 0 Å². The van der Waals surface area contributed by atoms with Gasteiger partial charge < -0.3 is 15.7 Å². The molecule has 0 fully saturated rings. The second-order valence-corrected chi connectivity index (χ2v) is 3.80. The number of ether oxygens (including phenoxy) is 1. The molecule has 0 aliphatic rings. The highest BCUT2D eigenvalue weighted by molar-refractivity contribution is 5.97. The zero-order chi connectivity index (χ0) is 12.1. The van der Waals surface area contributed by atoms with E-state index >= 15 is 0 Å². The van der Waals surface area contributed by atoms with Crippen LogP contribution in [0.25, 0.3) is 0 Å². The topological polar surface area (TPSA) is 67.8 Å². The predicted molar refractivity (Wildman–Crippen MR) is 64.1 cm³/mol. The number of hydrogen-bond donors (Lipinski definition) is 2. The van der Waals surface area contributed by atoms with E-state index in [1.807, 2.05) is 26.0 Å². The molecule has 0 radical (unpaired) electrons. The molecule has 1 aromatic rings. The Bertz CT molecular complexity index is 389. The second-order valence-electron chi connectivity index (χ2n) is 3.80. The van der Waals surface area contributed by atoms with E-state index < -0.39 is 0 Å². The molecule has 0 saturated heterocycles. The van der Waals surface area contributed by atoms with E-state index in [-0.39, 0.29) is 11.9 Å². The largest absolute Gasteiger partial charge is 0.490 e. The van der Waals surface area contributed by atoms with Gasteiger partial charge in [-0.2, -0.15) is 0 Å². The number of oxime groups is 1. The van der Waals surface area contributed by atoms with Crippen molar-refractivity contribution in [2.45, 2.75) is 33.3 Å². The average molecular weight is 222 g/mol. The summed E-state index contributed by atoms with van der Waals surface area (Å²) in [6, 6.07) is 5.46. The van der Waals surface area contributed by atoms with Crippen molar-refractivity contribution in [3.8, 4) is 5.75 Å². The Labute approximate surface area is 95.7 Å². The zero-order valence-corrected chi connectivity index (χ0v) is 9.90. The lowest BCUT2D eigenvalue weighted by atomic mass is 10.1. The summed E-state index contributed by atoms with van der Waals surface area (Å²) < 4.78 is 5.72. The summed E-state index contributed by atoms with van der Waals surface area (Å²) in [5.41, 5.74) is 7.17. The molecule has 0 bridgehead atoms. The van der Waals surface area contributed by atoms with Gasteiger partial charge in [0.1, 0.15) is 5.75 Å². The number of hydrogen-bond acceptors (Lipinski definition) is 3. The summed E-state index contributed by atoms with van der Waals surface area (Å²) in [6.07, 6.45) is 1.15. The van der Waals surface area contributed by atoms with E-state index in [0.717, 1.165) is 17.7 Å². The minimum atomic E-state index is 0.109. The van der Waals surface area contributed by atoms with E-state index in [4.69, 9.17) is 15.7 Å². The maximum Gasteiger partial charge on any atom is 0.170 e. The Kier molecular flexibility index (Phi) is 4.17. The Hall–Kier alpha value is -1.71. The van der Waals surface area contributed by atoms with Crippen LogP contribution in [-0.2, 0) is 0 Å². The summed E-state index contributed by atoms with van der Waals surface area (Å²) in [5, 5.41) is 11.5. The van der Waals surface area contributed by atoms with Gasteiger partial charge >= 0.3 is 0 Å². The third kappa shape index (κ3) is 2.89. The summed E-state index contributed by atoms with van der Waals surface area (Å²) >= 11 is 0. The van der Waals surface area contributed by atoms with Crippen LogP contribution >= 0.6 is 0 Å². The van der Waals surface area contributed by atoms with E-state index in [1.165, 1.54) is 0 Å². The molecule has 4 heteroatoms. The van der Waals surface area contributed by atoms with Crippen molar-refractivity contribution in [3.05, 3.63) is 29.3 Å². The van der Waals surface area contributed by atoms with Crippen LogP contribution in [0.3, 0.4) is 0 Å². The van der Waals surface area contributed by atoms with Crippen LogP contribution in [-0.4, -0.2) is 17.1 Å². The molecule has 0 aliphatic heterocycles. The highest BCUT2D eigenvalue weighted by Gasteiger charge is 2.06. The molecule has 1 rings (SSSR count). The van der Waals surface area contributed by atoms with E-state index in [1.54, 1.807) is 6.07 Å². The number of benzene rings is 1. The number of nitrogens with zero attached hydrogens (tertiary/aromatic N) is 1. The SMILES string of the molecule is CCC(C)Oc1ccc(/C(N)=N/O)cc1C. The predicted octanol–water partition coefficient (Wildman–Crippen LogP) is 2.27. The maximum absolute atomic E-state index is 8.56. The van der Waals surface area contributed by atoms with Crippen LogP contribution in [0, 0.1) is 6.92 Å². The maximum atomic E-state index is 8.56. The Morgan fingerprint density at radius 1 is 1.56 bits per heavy atom. The monoisotopic (exact) mass is 222 g/mol. The molecule has 0 spiro atoms. The van der Waals surface area contributed by atoms with Gasteiger partial charge in [-0.1, -0.05) is 12.1 Å². The number of amidine groups is 1. The molecule has 0 aromatic heterocycles. The highest BCUT2D eigenvalue weighted by atomic mass is 16.5. The average Bonchev–Trinajstić information content (AvgIpc) is 2.30. The summed E-state index contributed by atoms with van der Waals surface area (Å²) in [5.74, 6) is 0.946. The molecule has 4 nitrogen and oxygen atoms in total. The van der Waals surface area contributed by atoms with Crippen molar-refractivity contribution in [3.63, 3.8) is 0 Å². The van der Waals surface area contributed by atoms with Crippen molar-refractivity contribution >= 4 is 5.84 Å². The first-order valence-corrected chi connectivity index (χ1v) is 5.33. The Morgan fingerprint density at radius 2 is 2.25 bits per heavy atom. The first kappa shape index (κ1) is 12.4. The molecule has 1 unspecified atom stereocenters. The standard InChI is InChI=1S/C12H18N2O2/c1-4-9(3)16-11-6-5-10(7-8(11)2)12(13)14-15/h5-7,9,15H,4H2,1-3H3,(H2,13,14). The lowest BCUT2D eigenvalue weighted by Gasteiger charge is -2.15. The quantitative estimate of drug-likeness (QED) is 0.355. The number of nitrogens with two attached hydrogens (primary N) is 1. The summed E-state index contributed by atoms with van der Waals surface area (Å²) in [7, 11) is 0. The first-order chi connectivity index (χ1) is 7.58. The third-order valence-corrected chi connectivity index (χ3v) is 2.48. The molecule has 88 valence electrons. The van der Waals surface area contributed by atoms with Crippen molar-refractivity contribution in [1.82, 2.24) is 0 Å². The highest BCUT2D eigenvalue weighted by Crippen LogP contribution is 2.20. The first-order valence-electron chi connectivity index (χ1n) is 5.33. The van der Waals surface area contributed by atoms with Gasteiger partial charge in [0.05, 0.1) is 6.10 Å². The molecule has 0 amide bonds. The minimum Gasteiger partial charge on any atom is -0.490 e. The number of rotatable bonds is 4. The van der Waals surface area contributed by atoms with Crippen LogP contribution in [0.15, 0.2) is 23.4 Å². The molecule has 0 saturated carbocycles. The van der Waals surface area contributed by atoms with Crippen molar-refractivity contribution < 1.29 is 9.94 Å². The van der Waals surface area contributed by atoms with Crippen LogP contribution in [0.5, 0.6) is 5.75 Å². The zero-order valence-electron chi connectivity index (χ0n) is 9.90. The summed E-state index contributed by atoms with van der Waals surface area (Å²) in [6.45, 7) is 6.04. The second kappa shape index (κ2) is 5.39. The fraction of sp³-hybridized carbons (Fsp3) is 0.417. The molecule has 0 heterocycles. The third-order valence-electron chi connectivity index (χ3n) is 2.48. The van der Waals surface area contributed by atoms with Gasteiger partial charge in [0.15, 0.2) is 5.84 Å². The van der Waals surface area contributed by atoms with Crippen LogP contribution in [0.2, 0.25) is 0 Å². The van der Waals surface area contributed by atoms with Crippen molar-refractivity contribution in [1.29, 1.82) is 0 Å². The molecule has 1 atom stereocenters. The Morgan fingerprint density at radius 3 is 2.75 bits per heavy atom. The van der Waals surface area contributed by atoms with Gasteiger partial charge in [-0.3, -0.25) is 0 Å². The Balaban J connectivity index is 2.92. The van der Waals surface area contributed by atoms with Gasteiger partial charge in [0, 0.05) is 5.56 Å². The normalized spacial score (nSPS) is 13.6. The number of aryl methyl sites for hydroxylation is 1. The van der Waals surface area contributed by atoms with Gasteiger partial charge in [-0.15, -0.1) is 0 Å². The smallest absolute Gasteiger partial charge is 0.170 e. The van der Waals surface area contributed by atoms with Crippen LogP contribution in [0.1, 0.15) is 31.4 Å². The molecular weight excluding hydrogens is 204 g/mol. The molecule has 0 aliphatic carbocycles. The molecule has 1 aromatic carbocycles. The van der Waals surface area contributed by atoms with Crippen LogP contribution < -0.4 is 10.5 Å². The van der Waals surface area contributed by atoms with Crippen LogP contribution in [0.4, 0.5) is 0 Å². The fourth-order valence-corrected chi connectivity index (χ4v) is 1.30. The minimum absolute atomic E-state index is 0.109. The molecule has 16 heavy (non-hydrogen) atoms. The van der Waals surface area contributed by atoms with E-state index in [0.29, 0.717) is 5.56 Å². The van der Waals surface area contributed by atoms with E-state index in [2.05, 4.69) is 12.1 Å². The van der Waals surface area contributed by atoms with Gasteiger partial charge in [-0.25, -0.2) is 0 Å². The summed E-state index contributed by atoms with van der Waals surface area (Å²) in [4.78, 5) is 0. The lowest BCUT2D eigenvalue weighted by Crippen LogP contribution is -2.14. The van der Waals surface area contributed by atoms with Gasteiger partial charge in [0.2, 0.25) is 0 Å². The lowest BCUT2D eigenvalue weighted by molar-refractivity contribution is 0.216. The molecule has 3 N–H and O–H groups in total. The van der Waals surface area contributed by atoms with Gasteiger partial charge in [0.25, 0.3) is 0 Å². The fourth-order valence-electron chi connectivity index (χ4n) is 1.30. The van der Waals surface area contributed by atoms with Gasteiger partial charge in [-0.05, 0) is 44.0 Å². The van der Waals surface area contributed by atoms with E-state index in [9.17, 15) is 0 Å².